The van der Waals surface area contributed by atoms with Crippen LogP contribution in [0.4, 0.5) is 0 Å². The first-order valence-electron chi connectivity index (χ1n) is 13.1. The van der Waals surface area contributed by atoms with E-state index in [0.29, 0.717) is 45.9 Å². The van der Waals surface area contributed by atoms with E-state index in [0.717, 1.165) is 47.4 Å². The van der Waals surface area contributed by atoms with Gasteiger partial charge in [-0.15, -0.1) is 0 Å². The summed E-state index contributed by atoms with van der Waals surface area (Å²) in [5.41, 5.74) is 6.46. The van der Waals surface area contributed by atoms with Gasteiger partial charge >= 0.3 is 0 Å². The molecule has 7 aromatic rings. The van der Waals surface area contributed by atoms with Crippen LogP contribution in [0.2, 0.25) is 0 Å². The van der Waals surface area contributed by atoms with Crippen molar-refractivity contribution in [3.05, 3.63) is 94.6 Å². The molecule has 5 heterocycles. The van der Waals surface area contributed by atoms with Crippen LogP contribution in [0, 0.1) is 3.57 Å². The van der Waals surface area contributed by atoms with Gasteiger partial charge in [0.25, 0.3) is 0 Å². The topological polar surface area (TPSA) is 109 Å². The summed E-state index contributed by atoms with van der Waals surface area (Å²) >= 11 is 2.35. The molecule has 8 bridgehead atoms. The first kappa shape index (κ1) is 25.2. The van der Waals surface area contributed by atoms with Gasteiger partial charge in [0, 0.05) is 64.4 Å². The molecule has 0 unspecified atom stereocenters. The molecule has 0 saturated carbocycles. The van der Waals surface area contributed by atoms with Gasteiger partial charge < -0.3 is 9.97 Å². The fraction of sp³-hybridized carbons (Fsp3) is 0. The van der Waals surface area contributed by atoms with E-state index in [9.17, 15) is 0 Å². The Morgan fingerprint density at radius 3 is 1.29 bits per heavy atom. The second-order valence-corrected chi connectivity index (χ2v) is 11.1. The maximum Gasteiger partial charge on any atom is 0.164 e. The first-order valence-corrected chi connectivity index (χ1v) is 14.2. The van der Waals surface area contributed by atoms with E-state index < -0.39 is 0 Å². The molecule has 3 aromatic heterocycles. The molecule has 2 aliphatic rings. The van der Waals surface area contributed by atoms with Crippen molar-refractivity contribution in [3.63, 3.8) is 0 Å². The minimum atomic E-state index is 0. The predicted molar refractivity (Wildman–Crippen MR) is 169 cm³/mol. The maximum absolute atomic E-state index is 5.07. The molecule has 0 spiro atoms. The Bertz CT molecular complexity index is 2410. The molecule has 1 radical (unpaired) electrons. The molecule has 42 heavy (non-hydrogen) atoms. The number of nitrogens with one attached hydrogen (secondary N) is 2. The van der Waals surface area contributed by atoms with E-state index in [1.807, 2.05) is 78.9 Å². The zero-order valence-electron chi connectivity index (χ0n) is 21.5. The summed E-state index contributed by atoms with van der Waals surface area (Å²) in [6, 6.07) is 30.4. The number of fused-ring (bicyclic) bond motifs is 20. The molecule has 0 saturated heterocycles. The van der Waals surface area contributed by atoms with Crippen molar-refractivity contribution >= 4 is 66.7 Å². The SMILES string of the molecule is Ic1cccc2c3nc4nc(nc5[nH]c(nc6nc(nc([nH]3)c12)-c1ccccc1-6)c1ccccc51)-c1ccccc1-4.[Cu]. The van der Waals surface area contributed by atoms with Crippen LogP contribution in [0.5, 0.6) is 0 Å². The van der Waals surface area contributed by atoms with Crippen molar-refractivity contribution in [2.45, 2.75) is 0 Å². The van der Waals surface area contributed by atoms with Crippen molar-refractivity contribution in [2.24, 2.45) is 0 Å². The van der Waals surface area contributed by atoms with Gasteiger partial charge in [0.1, 0.15) is 22.6 Å². The van der Waals surface area contributed by atoms with Gasteiger partial charge in [-0.05, 0) is 28.7 Å². The van der Waals surface area contributed by atoms with Crippen molar-refractivity contribution in [2.75, 3.05) is 0 Å². The van der Waals surface area contributed by atoms with E-state index in [1.165, 1.54) is 0 Å². The third kappa shape index (κ3) is 3.72. The van der Waals surface area contributed by atoms with Crippen LogP contribution in [-0.2, 0) is 17.1 Å². The zero-order chi connectivity index (χ0) is 27.1. The van der Waals surface area contributed by atoms with Gasteiger partial charge in [-0.25, -0.2) is 29.9 Å². The minimum absolute atomic E-state index is 0. The molecule has 2 aliphatic heterocycles. The van der Waals surface area contributed by atoms with Gasteiger partial charge in [0.2, 0.25) is 0 Å². The van der Waals surface area contributed by atoms with Crippen LogP contribution in [-0.4, -0.2) is 39.9 Å². The van der Waals surface area contributed by atoms with Gasteiger partial charge in [0.05, 0.1) is 0 Å². The number of aromatic nitrogens is 8. The summed E-state index contributed by atoms with van der Waals surface area (Å²) < 4.78 is 1.07. The number of H-pyrrole nitrogens is 2. The average Bonchev–Trinajstić information content (AvgIpc) is 3.73. The van der Waals surface area contributed by atoms with Gasteiger partial charge in [-0.2, -0.15) is 0 Å². The summed E-state index contributed by atoms with van der Waals surface area (Å²) in [6.45, 7) is 0. The molecule has 4 aromatic carbocycles. The number of rotatable bonds is 0. The Hall–Kier alpha value is -4.51. The molecule has 203 valence electrons. The fourth-order valence-corrected chi connectivity index (χ4v) is 6.40. The average molecular weight is 704 g/mol. The third-order valence-corrected chi connectivity index (χ3v) is 8.43. The van der Waals surface area contributed by atoms with Gasteiger partial charge in [-0.1, -0.05) is 84.9 Å². The number of nitrogens with zero attached hydrogens (tertiary/aromatic N) is 6. The predicted octanol–water partition coefficient (Wildman–Crippen LogP) is 7.47. The Morgan fingerprint density at radius 1 is 0.405 bits per heavy atom. The Balaban J connectivity index is 0.00000267. The van der Waals surface area contributed by atoms with Crippen molar-refractivity contribution in [1.82, 2.24) is 39.9 Å². The number of hydrogen-bond acceptors (Lipinski definition) is 6. The number of benzene rings is 4. The zero-order valence-corrected chi connectivity index (χ0v) is 24.6. The molecule has 0 atom stereocenters. The largest absolute Gasteiger partial charge is 0.324 e. The van der Waals surface area contributed by atoms with Crippen LogP contribution in [0.15, 0.2) is 91.0 Å². The smallest absolute Gasteiger partial charge is 0.164 e. The Morgan fingerprint density at radius 2 is 0.786 bits per heavy atom. The summed E-state index contributed by atoms with van der Waals surface area (Å²) in [4.78, 5) is 37.0. The molecular formula is C32H17CuIN8. The molecule has 9 rings (SSSR count). The fourth-order valence-electron chi connectivity index (χ4n) is 5.65. The number of aromatic amines is 2. The van der Waals surface area contributed by atoms with Crippen LogP contribution >= 0.6 is 22.6 Å². The maximum atomic E-state index is 5.07. The van der Waals surface area contributed by atoms with Gasteiger partial charge in [0.15, 0.2) is 23.3 Å². The van der Waals surface area contributed by atoms with E-state index in [2.05, 4.69) is 44.7 Å². The minimum Gasteiger partial charge on any atom is -0.324 e. The second-order valence-electron chi connectivity index (χ2n) is 9.91. The number of halogens is 1. The van der Waals surface area contributed by atoms with E-state index in [-0.39, 0.29) is 17.1 Å². The van der Waals surface area contributed by atoms with E-state index >= 15 is 0 Å². The van der Waals surface area contributed by atoms with Gasteiger partial charge in [-0.3, -0.25) is 0 Å². The summed E-state index contributed by atoms with van der Waals surface area (Å²) in [6.07, 6.45) is 0. The van der Waals surface area contributed by atoms with Crippen molar-refractivity contribution < 1.29 is 17.1 Å². The first-order chi connectivity index (χ1) is 20.2. The second kappa shape index (κ2) is 9.52. The van der Waals surface area contributed by atoms with Crippen LogP contribution in [0.25, 0.3) is 89.7 Å². The molecule has 8 nitrogen and oxygen atoms in total. The normalized spacial score (nSPS) is 11.7. The Labute approximate surface area is 262 Å². The standard InChI is InChI=1S/C32H17IN8.Cu/c33-23-15-7-14-22-24(23)32-40-30-21-13-6-5-12-20(21)28(38-30)36-26-17-9-2-1-8-16(17)25(34-26)35-27-18-10-3-4-11-19(18)29(37-27)39-31(22)41-32;/h1-15H,(H2,34,35,36,37,38,39,40,41);. The van der Waals surface area contributed by atoms with Crippen LogP contribution in [0.1, 0.15) is 0 Å². The molecule has 0 fully saturated rings. The number of hydrogen-bond donors (Lipinski definition) is 2. The molecular weight excluding hydrogens is 687 g/mol. The van der Waals surface area contributed by atoms with Crippen molar-refractivity contribution in [3.8, 4) is 45.6 Å². The summed E-state index contributed by atoms with van der Waals surface area (Å²) in [7, 11) is 0. The molecule has 0 aliphatic carbocycles. The van der Waals surface area contributed by atoms with Crippen molar-refractivity contribution in [1.29, 1.82) is 0 Å². The quantitative estimate of drug-likeness (QED) is 0.125. The molecule has 0 amide bonds. The summed E-state index contributed by atoms with van der Waals surface area (Å²) in [5.74, 6) is 2.39. The molecule has 10 heteroatoms. The summed E-state index contributed by atoms with van der Waals surface area (Å²) in [5, 5.41) is 3.86. The van der Waals surface area contributed by atoms with Crippen LogP contribution in [0.3, 0.4) is 0 Å². The van der Waals surface area contributed by atoms with E-state index in [4.69, 9.17) is 29.9 Å². The van der Waals surface area contributed by atoms with E-state index in [1.54, 1.807) is 0 Å². The molecule has 2 N–H and O–H groups in total. The van der Waals surface area contributed by atoms with Crippen LogP contribution < -0.4 is 0 Å². The Kier molecular flexibility index (Phi) is 5.71. The third-order valence-electron chi connectivity index (χ3n) is 7.53. The monoisotopic (exact) mass is 703 g/mol.